The molecule has 3 N–H and O–H groups in total. The highest BCUT2D eigenvalue weighted by molar-refractivity contribution is 6.33. The molecule has 0 aliphatic rings. The summed E-state index contributed by atoms with van der Waals surface area (Å²) in [6, 6.07) is 9.67. The Morgan fingerprint density at radius 1 is 1.20 bits per heavy atom. The third kappa shape index (κ3) is 4.43. The monoisotopic (exact) mass is 363 g/mol. The highest BCUT2D eigenvalue weighted by Crippen LogP contribution is 2.19. The van der Waals surface area contributed by atoms with Crippen LogP contribution in [0.15, 0.2) is 36.7 Å². The fourth-order valence-corrected chi connectivity index (χ4v) is 2.51. The van der Waals surface area contributed by atoms with Crippen molar-refractivity contribution in [2.45, 2.75) is 19.4 Å². The van der Waals surface area contributed by atoms with Crippen LogP contribution in [-0.2, 0) is 22.6 Å². The summed E-state index contributed by atoms with van der Waals surface area (Å²) < 4.78 is 12.9. The lowest BCUT2D eigenvalue weighted by Crippen LogP contribution is -2.23. The quantitative estimate of drug-likeness (QED) is 0.462. The predicted molar refractivity (Wildman–Crippen MR) is 92.8 cm³/mol. The molecule has 1 aromatic carbocycles. The molecule has 0 saturated carbocycles. The van der Waals surface area contributed by atoms with Gasteiger partial charge in [0, 0.05) is 6.54 Å². The summed E-state index contributed by atoms with van der Waals surface area (Å²) >= 11 is 5.99. The number of imidazole rings is 1. The van der Waals surface area contributed by atoms with E-state index < -0.39 is 6.29 Å². The number of aliphatic hydroxyl groups is 1. The van der Waals surface area contributed by atoms with E-state index in [1.807, 2.05) is 30.3 Å². The normalized spacial score (nSPS) is 12.6. The number of aromatic nitrogens is 4. The van der Waals surface area contributed by atoms with Gasteiger partial charge in [0.2, 0.25) is 5.95 Å². The highest BCUT2D eigenvalue weighted by Gasteiger charge is 2.12. The summed E-state index contributed by atoms with van der Waals surface area (Å²) in [6.07, 6.45) is 0.880. The molecule has 0 amide bonds. The number of hydrogen-bond acceptors (Lipinski definition) is 7. The van der Waals surface area contributed by atoms with Gasteiger partial charge >= 0.3 is 0 Å². The van der Waals surface area contributed by atoms with Gasteiger partial charge in [-0.3, -0.25) is 0 Å². The third-order valence-electron chi connectivity index (χ3n) is 3.50. The van der Waals surface area contributed by atoms with Crippen molar-refractivity contribution in [3.05, 3.63) is 47.4 Å². The average Bonchev–Trinajstić information content (AvgIpc) is 3.02. The molecule has 2 heterocycles. The maximum Gasteiger partial charge on any atom is 0.223 e. The maximum atomic E-state index is 9.38. The number of nitrogens with zero attached hydrogens (tertiary/aromatic N) is 4. The van der Waals surface area contributed by atoms with Gasteiger partial charge < -0.3 is 24.9 Å². The van der Waals surface area contributed by atoms with Crippen LogP contribution in [0.1, 0.15) is 5.56 Å². The largest absolute Gasteiger partial charge is 0.391 e. The van der Waals surface area contributed by atoms with Crippen LogP contribution in [0.25, 0.3) is 11.2 Å². The van der Waals surface area contributed by atoms with E-state index in [0.29, 0.717) is 30.9 Å². The van der Waals surface area contributed by atoms with Crippen LogP contribution in [0.4, 0.5) is 5.95 Å². The molecule has 0 aliphatic carbocycles. The van der Waals surface area contributed by atoms with Crippen LogP contribution < -0.4 is 5.73 Å². The van der Waals surface area contributed by atoms with Crippen molar-refractivity contribution < 1.29 is 14.6 Å². The Hall–Kier alpha value is -2.26. The maximum absolute atomic E-state index is 9.38. The second-order valence-electron chi connectivity index (χ2n) is 5.26. The van der Waals surface area contributed by atoms with Crippen LogP contribution in [0.5, 0.6) is 0 Å². The lowest BCUT2D eigenvalue weighted by molar-refractivity contribution is -0.170. The molecule has 0 fully saturated rings. The zero-order valence-corrected chi connectivity index (χ0v) is 14.1. The van der Waals surface area contributed by atoms with E-state index in [1.54, 1.807) is 10.9 Å². The van der Waals surface area contributed by atoms with Crippen molar-refractivity contribution in [2.75, 3.05) is 18.9 Å². The second-order valence-corrected chi connectivity index (χ2v) is 5.62. The number of anilines is 1. The van der Waals surface area contributed by atoms with Gasteiger partial charge in [-0.15, -0.1) is 0 Å². The van der Waals surface area contributed by atoms with Gasteiger partial charge in [0.15, 0.2) is 17.1 Å². The molecule has 0 bridgehead atoms. The Labute approximate surface area is 149 Å². The Morgan fingerprint density at radius 3 is 2.76 bits per heavy atom. The van der Waals surface area contributed by atoms with Gasteiger partial charge in [-0.1, -0.05) is 41.9 Å². The first-order valence-corrected chi connectivity index (χ1v) is 8.07. The van der Waals surface area contributed by atoms with E-state index in [1.165, 1.54) is 0 Å². The smallest absolute Gasteiger partial charge is 0.223 e. The highest BCUT2D eigenvalue weighted by atomic mass is 35.5. The van der Waals surface area contributed by atoms with Crippen molar-refractivity contribution in [1.29, 1.82) is 0 Å². The number of rotatable bonds is 8. The summed E-state index contributed by atoms with van der Waals surface area (Å²) in [5, 5.41) is 9.59. The average molecular weight is 364 g/mol. The van der Waals surface area contributed by atoms with Crippen molar-refractivity contribution in [3.8, 4) is 0 Å². The van der Waals surface area contributed by atoms with Crippen LogP contribution in [0, 0.1) is 0 Å². The van der Waals surface area contributed by atoms with E-state index >= 15 is 0 Å². The SMILES string of the molecule is Nc1nc(Cl)c2ncn(CCOC(CO)OCc3ccccc3)c2n1. The minimum Gasteiger partial charge on any atom is -0.391 e. The van der Waals surface area contributed by atoms with Gasteiger partial charge in [-0.2, -0.15) is 9.97 Å². The fourth-order valence-electron chi connectivity index (χ4n) is 2.29. The number of nitrogens with two attached hydrogens (primary N) is 1. The Bertz CT molecular complexity index is 827. The fraction of sp³-hybridized carbons (Fsp3) is 0.312. The topological polar surface area (TPSA) is 108 Å². The number of halogens is 1. The molecular weight excluding hydrogens is 346 g/mol. The lowest BCUT2D eigenvalue weighted by Gasteiger charge is -2.16. The summed E-state index contributed by atoms with van der Waals surface area (Å²) in [6.45, 7) is 0.874. The van der Waals surface area contributed by atoms with Gasteiger partial charge in [-0.25, -0.2) is 4.98 Å². The molecule has 25 heavy (non-hydrogen) atoms. The van der Waals surface area contributed by atoms with E-state index in [-0.39, 0.29) is 17.7 Å². The Kier molecular flexibility index (Phi) is 5.77. The van der Waals surface area contributed by atoms with E-state index in [9.17, 15) is 5.11 Å². The molecular formula is C16H18ClN5O3. The van der Waals surface area contributed by atoms with Crippen LogP contribution in [-0.4, -0.2) is 44.1 Å². The summed E-state index contributed by atoms with van der Waals surface area (Å²) in [5.74, 6) is 0.0830. The van der Waals surface area contributed by atoms with Crippen LogP contribution in [0.3, 0.4) is 0 Å². The first-order chi connectivity index (χ1) is 12.2. The van der Waals surface area contributed by atoms with Gasteiger partial charge in [0.1, 0.15) is 5.52 Å². The number of hydrogen-bond donors (Lipinski definition) is 2. The first kappa shape index (κ1) is 17.6. The molecule has 8 nitrogen and oxygen atoms in total. The molecule has 1 atom stereocenters. The molecule has 0 aliphatic heterocycles. The van der Waals surface area contributed by atoms with Crippen molar-refractivity contribution in [2.24, 2.45) is 0 Å². The van der Waals surface area contributed by atoms with E-state index in [4.69, 9.17) is 26.8 Å². The second kappa shape index (κ2) is 8.21. The van der Waals surface area contributed by atoms with E-state index in [0.717, 1.165) is 5.56 Å². The molecule has 132 valence electrons. The third-order valence-corrected chi connectivity index (χ3v) is 3.77. The lowest BCUT2D eigenvalue weighted by atomic mass is 10.2. The molecule has 0 radical (unpaired) electrons. The van der Waals surface area contributed by atoms with Crippen LogP contribution in [0.2, 0.25) is 5.15 Å². The zero-order valence-electron chi connectivity index (χ0n) is 13.4. The summed E-state index contributed by atoms with van der Waals surface area (Å²) in [7, 11) is 0. The molecule has 9 heteroatoms. The predicted octanol–water partition coefficient (Wildman–Crippen LogP) is 1.61. The van der Waals surface area contributed by atoms with Gasteiger partial charge in [0.25, 0.3) is 0 Å². The molecule has 0 saturated heterocycles. The number of ether oxygens (including phenoxy) is 2. The minimum absolute atomic E-state index is 0.0830. The molecule has 0 spiro atoms. The van der Waals surface area contributed by atoms with Gasteiger partial charge in [0.05, 0.1) is 26.1 Å². The number of fused-ring (bicyclic) bond motifs is 1. The number of benzene rings is 1. The van der Waals surface area contributed by atoms with Gasteiger partial charge in [-0.05, 0) is 5.56 Å². The summed E-state index contributed by atoms with van der Waals surface area (Å²) in [4.78, 5) is 12.2. The van der Waals surface area contributed by atoms with Crippen molar-refractivity contribution in [1.82, 2.24) is 19.5 Å². The van der Waals surface area contributed by atoms with Crippen molar-refractivity contribution in [3.63, 3.8) is 0 Å². The summed E-state index contributed by atoms with van der Waals surface area (Å²) in [5.41, 5.74) is 7.64. The first-order valence-electron chi connectivity index (χ1n) is 7.69. The van der Waals surface area contributed by atoms with Crippen LogP contribution >= 0.6 is 11.6 Å². The van der Waals surface area contributed by atoms with Crippen molar-refractivity contribution >= 4 is 28.7 Å². The number of aliphatic hydroxyl groups excluding tert-OH is 1. The number of nitrogen functional groups attached to an aromatic ring is 1. The molecule has 3 rings (SSSR count). The Balaban J connectivity index is 1.54. The standard InChI is InChI=1S/C16H18ClN5O3/c17-14-13-15(21-16(18)20-14)22(10-19-13)6-7-24-12(8-23)25-9-11-4-2-1-3-5-11/h1-5,10,12,23H,6-9H2,(H2,18,20,21). The zero-order chi connectivity index (χ0) is 17.6. The molecule has 2 aromatic heterocycles. The molecule has 1 unspecified atom stereocenters. The minimum atomic E-state index is -0.710. The Morgan fingerprint density at radius 2 is 2.00 bits per heavy atom. The van der Waals surface area contributed by atoms with E-state index in [2.05, 4.69) is 15.0 Å². The molecule has 3 aromatic rings.